The van der Waals surface area contributed by atoms with E-state index < -0.39 is 0 Å². The first-order valence-electron chi connectivity index (χ1n) is 8.84. The molecule has 5 rings (SSSR count). The summed E-state index contributed by atoms with van der Waals surface area (Å²) in [6.07, 6.45) is 3.44. The first-order chi connectivity index (χ1) is 14.2. The van der Waals surface area contributed by atoms with Crippen LogP contribution in [-0.4, -0.2) is 22.7 Å². The Labute approximate surface area is 175 Å². The standard InChI is InChI=1S/C21H14ClN3O3S/c22-15-4-1-5-18-19(15)24-21(29-18)25(11-13-3-2-8-23-10-13)20(26)14-6-7-16-17(9-14)28-12-27-16/h1-10H,11-12H2. The van der Waals surface area contributed by atoms with E-state index in [2.05, 4.69) is 9.97 Å². The molecular weight excluding hydrogens is 410 g/mol. The second kappa shape index (κ2) is 7.35. The van der Waals surface area contributed by atoms with Gasteiger partial charge in [0, 0.05) is 18.0 Å². The van der Waals surface area contributed by atoms with Gasteiger partial charge < -0.3 is 9.47 Å². The van der Waals surface area contributed by atoms with Crippen LogP contribution in [0.5, 0.6) is 11.5 Å². The summed E-state index contributed by atoms with van der Waals surface area (Å²) in [7, 11) is 0. The van der Waals surface area contributed by atoms with Crippen molar-refractivity contribution in [3.8, 4) is 11.5 Å². The predicted molar refractivity (Wildman–Crippen MR) is 112 cm³/mol. The number of amides is 1. The number of carbonyl (C=O) groups excluding carboxylic acids is 1. The zero-order chi connectivity index (χ0) is 19.8. The average molecular weight is 424 g/mol. The van der Waals surface area contributed by atoms with Crippen molar-refractivity contribution in [2.24, 2.45) is 0 Å². The zero-order valence-electron chi connectivity index (χ0n) is 15.0. The lowest BCUT2D eigenvalue weighted by atomic mass is 10.1. The summed E-state index contributed by atoms with van der Waals surface area (Å²) in [5.41, 5.74) is 2.07. The molecule has 1 aliphatic rings. The van der Waals surface area contributed by atoms with E-state index in [0.29, 0.717) is 39.3 Å². The molecule has 8 heteroatoms. The second-order valence-corrected chi connectivity index (χ2v) is 7.82. The van der Waals surface area contributed by atoms with Crippen LogP contribution in [0.2, 0.25) is 5.02 Å². The summed E-state index contributed by atoms with van der Waals surface area (Å²) in [6.45, 7) is 0.487. The molecule has 6 nitrogen and oxygen atoms in total. The van der Waals surface area contributed by atoms with E-state index in [1.165, 1.54) is 11.3 Å². The van der Waals surface area contributed by atoms with Gasteiger partial charge in [0.2, 0.25) is 6.79 Å². The van der Waals surface area contributed by atoms with E-state index in [4.69, 9.17) is 21.1 Å². The van der Waals surface area contributed by atoms with Crippen molar-refractivity contribution in [1.29, 1.82) is 0 Å². The number of aromatic nitrogens is 2. The molecule has 0 N–H and O–H groups in total. The lowest BCUT2D eigenvalue weighted by Crippen LogP contribution is -2.30. The Morgan fingerprint density at radius 1 is 1.14 bits per heavy atom. The van der Waals surface area contributed by atoms with Gasteiger partial charge in [0.15, 0.2) is 16.6 Å². The summed E-state index contributed by atoms with van der Waals surface area (Å²) in [6, 6.07) is 14.5. The maximum absolute atomic E-state index is 13.5. The van der Waals surface area contributed by atoms with Crippen molar-refractivity contribution < 1.29 is 14.3 Å². The van der Waals surface area contributed by atoms with Crippen LogP contribution in [0.4, 0.5) is 5.13 Å². The second-order valence-electron chi connectivity index (χ2n) is 6.40. The summed E-state index contributed by atoms with van der Waals surface area (Å²) < 4.78 is 11.7. The van der Waals surface area contributed by atoms with E-state index >= 15 is 0 Å². The molecule has 0 atom stereocenters. The number of benzene rings is 2. The number of halogens is 1. The smallest absolute Gasteiger partial charge is 0.260 e. The fraction of sp³-hybridized carbons (Fsp3) is 0.0952. The Morgan fingerprint density at radius 2 is 2.03 bits per heavy atom. The normalized spacial score (nSPS) is 12.3. The summed E-state index contributed by atoms with van der Waals surface area (Å²) in [4.78, 5) is 23.9. The Balaban J connectivity index is 1.57. The molecule has 3 heterocycles. The highest BCUT2D eigenvalue weighted by molar-refractivity contribution is 7.22. The minimum Gasteiger partial charge on any atom is -0.454 e. The number of ether oxygens (including phenoxy) is 2. The lowest BCUT2D eigenvalue weighted by Gasteiger charge is -2.20. The zero-order valence-corrected chi connectivity index (χ0v) is 16.6. The van der Waals surface area contributed by atoms with Crippen LogP contribution in [0, 0.1) is 0 Å². The lowest BCUT2D eigenvalue weighted by molar-refractivity contribution is 0.0984. The molecule has 1 aliphatic heterocycles. The van der Waals surface area contributed by atoms with Crippen LogP contribution in [0.1, 0.15) is 15.9 Å². The Hall–Kier alpha value is -3.16. The topological polar surface area (TPSA) is 64.6 Å². The molecule has 0 fully saturated rings. The molecule has 0 saturated carbocycles. The number of anilines is 1. The van der Waals surface area contributed by atoms with Gasteiger partial charge in [-0.2, -0.15) is 0 Å². The van der Waals surface area contributed by atoms with E-state index in [9.17, 15) is 4.79 Å². The third-order valence-corrected chi connectivity index (χ3v) is 5.87. The van der Waals surface area contributed by atoms with Gasteiger partial charge >= 0.3 is 0 Å². The van der Waals surface area contributed by atoms with Gasteiger partial charge in [0.25, 0.3) is 5.91 Å². The van der Waals surface area contributed by atoms with Gasteiger partial charge in [-0.3, -0.25) is 14.7 Å². The first kappa shape index (κ1) is 17.9. The van der Waals surface area contributed by atoms with Crippen molar-refractivity contribution in [2.45, 2.75) is 6.54 Å². The van der Waals surface area contributed by atoms with Gasteiger partial charge in [0.1, 0.15) is 5.52 Å². The fourth-order valence-electron chi connectivity index (χ4n) is 3.10. The molecule has 0 radical (unpaired) electrons. The number of pyridine rings is 1. The van der Waals surface area contributed by atoms with E-state index in [1.54, 1.807) is 41.6 Å². The number of hydrogen-bond donors (Lipinski definition) is 0. The highest BCUT2D eigenvalue weighted by Gasteiger charge is 2.24. The number of thiazole rings is 1. The molecule has 0 aliphatic carbocycles. The SMILES string of the molecule is O=C(c1ccc2c(c1)OCO2)N(Cc1cccnc1)c1nc2c(Cl)cccc2s1. The van der Waals surface area contributed by atoms with E-state index in [1.807, 2.05) is 24.3 Å². The largest absolute Gasteiger partial charge is 0.454 e. The third kappa shape index (κ3) is 3.39. The Bertz CT molecular complexity index is 1210. The van der Waals surface area contributed by atoms with Crippen LogP contribution in [-0.2, 0) is 6.54 Å². The molecule has 0 bridgehead atoms. The van der Waals surface area contributed by atoms with Crippen LogP contribution < -0.4 is 14.4 Å². The minimum atomic E-state index is -0.192. The minimum absolute atomic E-state index is 0.156. The molecule has 0 unspecified atom stereocenters. The number of fused-ring (bicyclic) bond motifs is 2. The number of carbonyl (C=O) groups is 1. The summed E-state index contributed by atoms with van der Waals surface area (Å²) >= 11 is 7.72. The molecular formula is C21H14ClN3O3S. The monoisotopic (exact) mass is 423 g/mol. The molecule has 4 aromatic rings. The molecule has 29 heavy (non-hydrogen) atoms. The molecule has 2 aromatic carbocycles. The van der Waals surface area contributed by atoms with E-state index in [0.717, 1.165) is 10.3 Å². The van der Waals surface area contributed by atoms with Crippen molar-refractivity contribution in [2.75, 3.05) is 11.7 Å². The number of para-hydroxylation sites is 1. The van der Waals surface area contributed by atoms with Crippen LogP contribution in [0.3, 0.4) is 0 Å². The Kier molecular flexibility index (Phi) is 4.54. The van der Waals surface area contributed by atoms with Gasteiger partial charge in [-0.05, 0) is 42.0 Å². The number of rotatable bonds is 4. The average Bonchev–Trinajstić information content (AvgIpc) is 3.39. The van der Waals surface area contributed by atoms with Crippen LogP contribution >= 0.6 is 22.9 Å². The highest BCUT2D eigenvalue weighted by atomic mass is 35.5. The van der Waals surface area contributed by atoms with Gasteiger partial charge in [0.05, 0.1) is 16.3 Å². The first-order valence-corrected chi connectivity index (χ1v) is 10.0. The van der Waals surface area contributed by atoms with Crippen molar-refractivity contribution in [1.82, 2.24) is 9.97 Å². The number of nitrogens with zero attached hydrogens (tertiary/aromatic N) is 3. The molecule has 0 saturated heterocycles. The van der Waals surface area contributed by atoms with Crippen molar-refractivity contribution >= 4 is 44.2 Å². The summed E-state index contributed by atoms with van der Waals surface area (Å²) in [5.74, 6) is 0.999. The maximum Gasteiger partial charge on any atom is 0.260 e. The highest BCUT2D eigenvalue weighted by Crippen LogP contribution is 2.36. The number of hydrogen-bond acceptors (Lipinski definition) is 6. The Morgan fingerprint density at radius 3 is 2.86 bits per heavy atom. The quantitative estimate of drug-likeness (QED) is 0.466. The molecule has 0 spiro atoms. The van der Waals surface area contributed by atoms with Crippen molar-refractivity contribution in [3.05, 3.63) is 77.1 Å². The van der Waals surface area contributed by atoms with Gasteiger partial charge in [-0.25, -0.2) is 4.98 Å². The van der Waals surface area contributed by atoms with Crippen molar-refractivity contribution in [3.63, 3.8) is 0 Å². The van der Waals surface area contributed by atoms with E-state index in [-0.39, 0.29) is 12.7 Å². The molecule has 144 valence electrons. The van der Waals surface area contributed by atoms with Crippen LogP contribution in [0.25, 0.3) is 10.2 Å². The van der Waals surface area contributed by atoms with Crippen LogP contribution in [0.15, 0.2) is 60.9 Å². The predicted octanol–water partition coefficient (Wildman–Crippen LogP) is 4.92. The summed E-state index contributed by atoms with van der Waals surface area (Å²) in [5, 5.41) is 1.13. The fourth-order valence-corrected chi connectivity index (χ4v) is 4.37. The molecule has 1 amide bonds. The van der Waals surface area contributed by atoms with Gasteiger partial charge in [-0.1, -0.05) is 35.1 Å². The third-order valence-electron chi connectivity index (χ3n) is 4.52. The van der Waals surface area contributed by atoms with Gasteiger partial charge in [-0.15, -0.1) is 0 Å². The molecule has 2 aromatic heterocycles. The maximum atomic E-state index is 13.5.